The number of benzene rings is 1. The van der Waals surface area contributed by atoms with Crippen LogP contribution in [0.2, 0.25) is 0 Å². The molecule has 124 valence electrons. The summed E-state index contributed by atoms with van der Waals surface area (Å²) >= 11 is 0. The third kappa shape index (κ3) is 5.21. The minimum atomic E-state index is -1.27. The quantitative estimate of drug-likeness (QED) is 0.782. The molecular formula is C17H27NO3S. The third-order valence-corrected chi connectivity index (χ3v) is 4.96. The molecule has 5 heteroatoms. The lowest BCUT2D eigenvalue weighted by Crippen LogP contribution is -2.40. The van der Waals surface area contributed by atoms with Crippen LogP contribution < -0.4 is 4.72 Å². The topological polar surface area (TPSA) is 55.4 Å². The zero-order valence-electron chi connectivity index (χ0n) is 14.1. The van der Waals surface area contributed by atoms with Crippen molar-refractivity contribution in [3.8, 4) is 0 Å². The van der Waals surface area contributed by atoms with Gasteiger partial charge in [0.15, 0.2) is 0 Å². The summed E-state index contributed by atoms with van der Waals surface area (Å²) in [5, 5.41) is 0. The van der Waals surface area contributed by atoms with E-state index in [2.05, 4.69) is 4.72 Å². The lowest BCUT2D eigenvalue weighted by atomic mass is 9.92. The van der Waals surface area contributed by atoms with Crippen molar-refractivity contribution in [3.63, 3.8) is 0 Å². The van der Waals surface area contributed by atoms with Crippen molar-refractivity contribution in [3.05, 3.63) is 35.9 Å². The Kier molecular flexibility index (Phi) is 7.23. The lowest BCUT2D eigenvalue weighted by Gasteiger charge is -2.29. The van der Waals surface area contributed by atoms with Crippen molar-refractivity contribution in [1.29, 1.82) is 0 Å². The zero-order valence-corrected chi connectivity index (χ0v) is 14.9. The van der Waals surface area contributed by atoms with Crippen molar-refractivity contribution >= 4 is 17.0 Å². The monoisotopic (exact) mass is 325 g/mol. The van der Waals surface area contributed by atoms with E-state index >= 15 is 0 Å². The molecule has 0 bridgehead atoms. The summed E-state index contributed by atoms with van der Waals surface area (Å²) in [6.45, 7) is 9.80. The van der Waals surface area contributed by atoms with Gasteiger partial charge in [-0.15, -0.1) is 0 Å². The average Bonchev–Trinajstić information content (AvgIpc) is 2.47. The predicted molar refractivity (Wildman–Crippen MR) is 90.6 cm³/mol. The van der Waals surface area contributed by atoms with Gasteiger partial charge in [-0.1, -0.05) is 37.3 Å². The normalized spacial score (nSPS) is 15.9. The molecule has 0 saturated carbocycles. The van der Waals surface area contributed by atoms with Crippen molar-refractivity contribution in [2.75, 3.05) is 6.61 Å². The van der Waals surface area contributed by atoms with E-state index in [9.17, 15) is 9.00 Å². The molecule has 1 aromatic carbocycles. The van der Waals surface area contributed by atoms with Gasteiger partial charge < -0.3 is 4.74 Å². The molecule has 22 heavy (non-hydrogen) atoms. The van der Waals surface area contributed by atoms with E-state index in [-0.39, 0.29) is 17.9 Å². The molecule has 0 heterocycles. The Labute approximate surface area is 136 Å². The number of esters is 1. The minimum absolute atomic E-state index is 0.253. The Morgan fingerprint density at radius 1 is 1.23 bits per heavy atom. The molecule has 4 nitrogen and oxygen atoms in total. The van der Waals surface area contributed by atoms with Crippen LogP contribution in [0.3, 0.4) is 0 Å². The molecule has 0 saturated heterocycles. The highest BCUT2D eigenvalue weighted by atomic mass is 32.2. The van der Waals surface area contributed by atoms with Gasteiger partial charge in [0.05, 0.1) is 34.3 Å². The summed E-state index contributed by atoms with van der Waals surface area (Å²) in [6, 6.07) is 9.32. The third-order valence-electron chi connectivity index (χ3n) is 3.38. The van der Waals surface area contributed by atoms with Crippen LogP contribution in [-0.2, 0) is 20.5 Å². The van der Waals surface area contributed by atoms with Gasteiger partial charge in [-0.05, 0) is 39.7 Å². The summed E-state index contributed by atoms with van der Waals surface area (Å²) < 4.78 is 20.4. The van der Waals surface area contributed by atoms with Gasteiger partial charge in [0, 0.05) is 0 Å². The lowest BCUT2D eigenvalue weighted by molar-refractivity contribution is -0.149. The van der Waals surface area contributed by atoms with Gasteiger partial charge in [0.2, 0.25) is 0 Å². The van der Waals surface area contributed by atoms with Gasteiger partial charge >= 0.3 is 5.97 Å². The Morgan fingerprint density at radius 3 is 2.27 bits per heavy atom. The van der Waals surface area contributed by atoms with Crippen molar-refractivity contribution in [2.45, 2.75) is 51.8 Å². The maximum absolute atomic E-state index is 12.5. The molecule has 0 radical (unpaired) electrons. The fourth-order valence-electron chi connectivity index (χ4n) is 2.12. The fraction of sp³-hybridized carbons (Fsp3) is 0.588. The van der Waals surface area contributed by atoms with Crippen LogP contribution in [0.25, 0.3) is 0 Å². The second-order valence-electron chi connectivity index (χ2n) is 6.15. The zero-order chi connectivity index (χ0) is 16.8. The number of ether oxygens (including phenoxy) is 1. The Bertz CT molecular complexity index is 496. The first-order chi connectivity index (χ1) is 10.3. The highest BCUT2D eigenvalue weighted by Crippen LogP contribution is 2.28. The second-order valence-corrected chi connectivity index (χ2v) is 8.15. The highest BCUT2D eigenvalue weighted by molar-refractivity contribution is 7.84. The first kappa shape index (κ1) is 18.8. The molecule has 0 amide bonds. The summed E-state index contributed by atoms with van der Waals surface area (Å²) in [4.78, 5) is 12.3. The van der Waals surface area contributed by atoms with Crippen LogP contribution in [-0.4, -0.2) is 21.5 Å². The van der Waals surface area contributed by atoms with E-state index in [1.165, 1.54) is 0 Å². The molecule has 1 unspecified atom stereocenters. The molecule has 3 atom stereocenters. The summed E-state index contributed by atoms with van der Waals surface area (Å²) in [6.07, 6.45) is 0.618. The number of hydrogen-bond acceptors (Lipinski definition) is 3. The number of rotatable bonds is 7. The minimum Gasteiger partial charge on any atom is -0.466 e. The number of carbonyl (C=O) groups is 1. The maximum Gasteiger partial charge on any atom is 0.310 e. The van der Waals surface area contributed by atoms with E-state index < -0.39 is 15.7 Å². The van der Waals surface area contributed by atoms with Gasteiger partial charge in [0.1, 0.15) is 0 Å². The summed E-state index contributed by atoms with van der Waals surface area (Å²) in [5.74, 6) is -0.620. The van der Waals surface area contributed by atoms with E-state index in [1.54, 1.807) is 6.92 Å². The number of nitrogens with one attached hydrogen (secondary N) is 1. The number of carbonyl (C=O) groups excluding carboxylic acids is 1. The van der Waals surface area contributed by atoms with Crippen molar-refractivity contribution in [2.24, 2.45) is 5.92 Å². The Balaban J connectivity index is 3.10. The predicted octanol–water partition coefficient (Wildman–Crippen LogP) is 3.37. The van der Waals surface area contributed by atoms with E-state index in [4.69, 9.17) is 4.74 Å². The van der Waals surface area contributed by atoms with Crippen molar-refractivity contribution < 1.29 is 13.7 Å². The van der Waals surface area contributed by atoms with Crippen LogP contribution in [0.5, 0.6) is 0 Å². The molecule has 1 rings (SSSR count). The van der Waals surface area contributed by atoms with Crippen LogP contribution in [0.4, 0.5) is 0 Å². The van der Waals surface area contributed by atoms with E-state index in [0.717, 1.165) is 5.56 Å². The van der Waals surface area contributed by atoms with E-state index in [1.807, 2.05) is 58.0 Å². The van der Waals surface area contributed by atoms with Gasteiger partial charge in [-0.2, -0.15) is 0 Å². The smallest absolute Gasteiger partial charge is 0.310 e. The fourth-order valence-corrected chi connectivity index (χ4v) is 3.01. The SMILES string of the molecule is CCOC(=O)[C@@H](CC)[C@@H](NS(=O)C(C)(C)C)c1ccccc1. The maximum atomic E-state index is 12.5. The van der Waals surface area contributed by atoms with Crippen LogP contribution in [0.15, 0.2) is 30.3 Å². The van der Waals surface area contributed by atoms with Crippen LogP contribution >= 0.6 is 0 Å². The molecule has 0 fully saturated rings. The van der Waals surface area contributed by atoms with Gasteiger partial charge in [0.25, 0.3) is 0 Å². The first-order valence-corrected chi connectivity index (χ1v) is 8.85. The van der Waals surface area contributed by atoms with Crippen LogP contribution in [0, 0.1) is 5.92 Å². The highest BCUT2D eigenvalue weighted by Gasteiger charge is 2.32. The molecule has 1 N–H and O–H groups in total. The first-order valence-electron chi connectivity index (χ1n) is 7.70. The van der Waals surface area contributed by atoms with Crippen LogP contribution in [0.1, 0.15) is 52.6 Å². The molecule has 0 aliphatic rings. The van der Waals surface area contributed by atoms with Gasteiger partial charge in [-0.3, -0.25) is 4.79 Å². The largest absolute Gasteiger partial charge is 0.466 e. The molecular weight excluding hydrogens is 298 g/mol. The Morgan fingerprint density at radius 2 is 1.82 bits per heavy atom. The standard InChI is InChI=1S/C17H27NO3S/c1-6-14(16(19)21-7-2)15(13-11-9-8-10-12-13)18-22(20)17(3,4)5/h8-12,14-15,18H,6-7H2,1-5H3/t14-,15-,22?/m0/s1. The molecule has 0 aliphatic heterocycles. The molecule has 0 spiro atoms. The number of hydrogen-bond donors (Lipinski definition) is 1. The summed E-state index contributed by atoms with van der Waals surface area (Å²) in [7, 11) is -1.27. The Hall–Kier alpha value is -1.20. The molecule has 0 aliphatic carbocycles. The molecule has 0 aromatic heterocycles. The summed E-state index contributed by atoms with van der Waals surface area (Å²) in [5.41, 5.74) is 0.944. The van der Waals surface area contributed by atoms with Gasteiger partial charge in [-0.25, -0.2) is 8.93 Å². The average molecular weight is 325 g/mol. The van der Waals surface area contributed by atoms with E-state index in [0.29, 0.717) is 13.0 Å². The van der Waals surface area contributed by atoms with Crippen molar-refractivity contribution in [1.82, 2.24) is 4.72 Å². The molecule has 1 aromatic rings. The second kappa shape index (κ2) is 8.44.